The Labute approximate surface area is 126 Å². The third-order valence-electron chi connectivity index (χ3n) is 3.23. The van der Waals surface area contributed by atoms with Gasteiger partial charge in [0, 0.05) is 24.1 Å². The van der Waals surface area contributed by atoms with Gasteiger partial charge in [-0.05, 0) is 30.5 Å². The van der Waals surface area contributed by atoms with E-state index in [0.29, 0.717) is 6.54 Å². The number of nitrogens with zero attached hydrogens (tertiary/aromatic N) is 1. The molecule has 1 aromatic rings. The molecule has 20 heavy (non-hydrogen) atoms. The number of nitrogens with one attached hydrogen (secondary N) is 2. The monoisotopic (exact) mass is 339 g/mol. The molecule has 0 aliphatic carbocycles. The van der Waals surface area contributed by atoms with Gasteiger partial charge in [-0.15, -0.1) is 0 Å². The predicted molar refractivity (Wildman–Crippen MR) is 80.2 cm³/mol. The molecule has 1 aliphatic rings. The van der Waals surface area contributed by atoms with Crippen LogP contribution in [0.25, 0.3) is 0 Å². The van der Waals surface area contributed by atoms with Crippen LogP contribution in [0, 0.1) is 0 Å². The zero-order valence-electron chi connectivity index (χ0n) is 11.2. The summed E-state index contributed by atoms with van der Waals surface area (Å²) >= 11 is 3.36. The normalized spacial score (nSPS) is 14.2. The number of hydrogen-bond acceptors (Lipinski definition) is 2. The molecule has 1 fully saturated rings. The van der Waals surface area contributed by atoms with E-state index in [9.17, 15) is 9.59 Å². The van der Waals surface area contributed by atoms with Crippen molar-refractivity contribution < 1.29 is 9.59 Å². The molecule has 3 amide bonds. The van der Waals surface area contributed by atoms with Crippen molar-refractivity contribution in [1.82, 2.24) is 15.5 Å². The quantitative estimate of drug-likeness (QED) is 0.879. The van der Waals surface area contributed by atoms with Crippen LogP contribution >= 0.6 is 15.9 Å². The van der Waals surface area contributed by atoms with Gasteiger partial charge in [-0.2, -0.15) is 0 Å². The largest absolute Gasteiger partial charge is 0.341 e. The van der Waals surface area contributed by atoms with E-state index in [1.165, 1.54) is 0 Å². The Balaban J connectivity index is 1.67. The van der Waals surface area contributed by atoms with Crippen LogP contribution in [-0.2, 0) is 11.3 Å². The topological polar surface area (TPSA) is 61.4 Å². The van der Waals surface area contributed by atoms with Crippen LogP contribution in [0.1, 0.15) is 18.4 Å². The second-order valence-corrected chi connectivity index (χ2v) is 5.67. The Hall–Kier alpha value is -1.56. The summed E-state index contributed by atoms with van der Waals surface area (Å²) in [5.74, 6) is -0.0127. The molecule has 6 heteroatoms. The van der Waals surface area contributed by atoms with Gasteiger partial charge in [0.2, 0.25) is 5.91 Å². The first-order chi connectivity index (χ1) is 9.65. The lowest BCUT2D eigenvalue weighted by molar-refractivity contribution is -0.128. The maximum absolute atomic E-state index is 11.7. The third-order valence-corrected chi connectivity index (χ3v) is 3.75. The van der Waals surface area contributed by atoms with E-state index in [4.69, 9.17) is 0 Å². The first-order valence-electron chi connectivity index (χ1n) is 6.69. The summed E-state index contributed by atoms with van der Waals surface area (Å²) in [6.07, 6.45) is 2.11. The van der Waals surface area contributed by atoms with E-state index in [-0.39, 0.29) is 18.5 Å². The fourth-order valence-corrected chi connectivity index (χ4v) is 2.35. The molecular formula is C14H18BrN3O2. The van der Waals surface area contributed by atoms with Crippen LogP contribution in [0.5, 0.6) is 0 Å². The number of benzene rings is 1. The van der Waals surface area contributed by atoms with Crippen molar-refractivity contribution in [3.8, 4) is 0 Å². The minimum atomic E-state index is -0.319. The number of likely N-dealkylation sites (tertiary alicyclic amines) is 1. The second-order valence-electron chi connectivity index (χ2n) is 4.75. The van der Waals surface area contributed by atoms with Crippen LogP contribution in [0.2, 0.25) is 0 Å². The minimum absolute atomic E-state index is 0.0127. The van der Waals surface area contributed by atoms with E-state index in [0.717, 1.165) is 36.0 Å². The Morgan fingerprint density at radius 2 is 1.75 bits per heavy atom. The number of rotatable bonds is 4. The number of carbonyl (C=O) groups is 2. The maximum Gasteiger partial charge on any atom is 0.315 e. The molecular weight excluding hydrogens is 322 g/mol. The molecule has 5 nitrogen and oxygen atoms in total. The average molecular weight is 340 g/mol. The van der Waals surface area contributed by atoms with Crippen molar-refractivity contribution in [1.29, 1.82) is 0 Å². The summed E-state index contributed by atoms with van der Waals surface area (Å²) in [6.45, 7) is 2.12. The molecule has 0 spiro atoms. The summed E-state index contributed by atoms with van der Waals surface area (Å²) in [6, 6.07) is 7.39. The maximum atomic E-state index is 11.7. The van der Waals surface area contributed by atoms with Crippen LogP contribution in [-0.4, -0.2) is 36.5 Å². The highest BCUT2D eigenvalue weighted by Gasteiger charge is 2.17. The highest BCUT2D eigenvalue weighted by atomic mass is 79.9. The molecule has 1 aliphatic heterocycles. The van der Waals surface area contributed by atoms with Gasteiger partial charge in [0.05, 0.1) is 6.54 Å². The molecule has 1 aromatic carbocycles. The van der Waals surface area contributed by atoms with Crippen molar-refractivity contribution in [2.75, 3.05) is 19.6 Å². The summed E-state index contributed by atoms with van der Waals surface area (Å²) in [4.78, 5) is 25.1. The van der Waals surface area contributed by atoms with Crippen molar-refractivity contribution in [2.24, 2.45) is 0 Å². The van der Waals surface area contributed by atoms with Gasteiger partial charge in [0.15, 0.2) is 0 Å². The number of urea groups is 1. The molecule has 0 atom stereocenters. The zero-order chi connectivity index (χ0) is 14.4. The molecule has 0 saturated carbocycles. The van der Waals surface area contributed by atoms with Crippen molar-refractivity contribution >= 4 is 27.9 Å². The first-order valence-corrected chi connectivity index (χ1v) is 7.48. The summed E-state index contributed by atoms with van der Waals surface area (Å²) < 4.78 is 1.00. The predicted octanol–water partition coefficient (Wildman–Crippen LogP) is 1.87. The van der Waals surface area contributed by atoms with Crippen molar-refractivity contribution in [2.45, 2.75) is 19.4 Å². The minimum Gasteiger partial charge on any atom is -0.341 e. The molecule has 0 unspecified atom stereocenters. The van der Waals surface area contributed by atoms with Crippen LogP contribution in [0.15, 0.2) is 28.7 Å². The van der Waals surface area contributed by atoms with Gasteiger partial charge in [0.25, 0.3) is 0 Å². The lowest BCUT2D eigenvalue weighted by Crippen LogP contribution is -2.42. The number of carbonyl (C=O) groups excluding carboxylic acids is 2. The molecule has 108 valence electrons. The molecule has 0 aromatic heterocycles. The lowest BCUT2D eigenvalue weighted by atomic mass is 10.2. The first kappa shape index (κ1) is 14.8. The van der Waals surface area contributed by atoms with Crippen LogP contribution in [0.4, 0.5) is 4.79 Å². The van der Waals surface area contributed by atoms with Crippen LogP contribution in [0.3, 0.4) is 0 Å². The average Bonchev–Trinajstić information content (AvgIpc) is 2.98. The van der Waals surface area contributed by atoms with E-state index < -0.39 is 0 Å². The molecule has 2 rings (SSSR count). The van der Waals surface area contributed by atoms with Gasteiger partial charge >= 0.3 is 6.03 Å². The molecule has 1 saturated heterocycles. The van der Waals surface area contributed by atoms with Crippen LogP contribution < -0.4 is 10.6 Å². The number of halogens is 1. The van der Waals surface area contributed by atoms with Gasteiger partial charge < -0.3 is 15.5 Å². The summed E-state index contributed by atoms with van der Waals surface area (Å²) in [5.41, 5.74) is 1.01. The van der Waals surface area contributed by atoms with Crippen molar-refractivity contribution in [3.63, 3.8) is 0 Å². The molecule has 0 radical (unpaired) electrons. The Bertz CT molecular complexity index is 470. The fourth-order valence-electron chi connectivity index (χ4n) is 2.08. The molecule has 2 N–H and O–H groups in total. The van der Waals surface area contributed by atoms with Gasteiger partial charge in [-0.3, -0.25) is 4.79 Å². The molecule has 0 bridgehead atoms. The van der Waals surface area contributed by atoms with Gasteiger partial charge in [-0.1, -0.05) is 28.1 Å². The second kappa shape index (κ2) is 7.28. The van der Waals surface area contributed by atoms with E-state index in [1.54, 1.807) is 4.90 Å². The molecule has 1 heterocycles. The Kier molecular flexibility index (Phi) is 5.40. The summed E-state index contributed by atoms with van der Waals surface area (Å²) in [7, 11) is 0. The van der Waals surface area contributed by atoms with E-state index >= 15 is 0 Å². The van der Waals surface area contributed by atoms with E-state index in [2.05, 4.69) is 26.6 Å². The van der Waals surface area contributed by atoms with Crippen molar-refractivity contribution in [3.05, 3.63) is 34.3 Å². The number of hydrogen-bond donors (Lipinski definition) is 2. The SMILES string of the molecule is O=C(NCC(=O)N1CCCC1)NCc1ccc(Br)cc1. The standard InChI is InChI=1S/C14H18BrN3O2/c15-12-5-3-11(4-6-12)9-16-14(20)17-10-13(19)18-7-1-2-8-18/h3-6H,1-2,7-10H2,(H2,16,17,20). The zero-order valence-corrected chi connectivity index (χ0v) is 12.8. The van der Waals surface area contributed by atoms with Gasteiger partial charge in [0.1, 0.15) is 0 Å². The highest BCUT2D eigenvalue weighted by molar-refractivity contribution is 9.10. The summed E-state index contributed by atoms with van der Waals surface area (Å²) in [5, 5.41) is 5.32. The Morgan fingerprint density at radius 1 is 1.10 bits per heavy atom. The highest BCUT2D eigenvalue weighted by Crippen LogP contribution is 2.10. The van der Waals surface area contributed by atoms with Gasteiger partial charge in [-0.25, -0.2) is 4.79 Å². The smallest absolute Gasteiger partial charge is 0.315 e. The fraction of sp³-hybridized carbons (Fsp3) is 0.429. The third kappa shape index (κ3) is 4.52. The number of amides is 3. The van der Waals surface area contributed by atoms with E-state index in [1.807, 2.05) is 24.3 Å². The lowest BCUT2D eigenvalue weighted by Gasteiger charge is -2.15. The Morgan fingerprint density at radius 3 is 2.40 bits per heavy atom.